The van der Waals surface area contributed by atoms with Crippen molar-refractivity contribution >= 4 is 37.6 Å². The third-order valence-electron chi connectivity index (χ3n) is 5.32. The lowest BCUT2D eigenvalue weighted by Gasteiger charge is -2.29. The molecule has 31 heavy (non-hydrogen) atoms. The molecule has 1 heterocycles. The summed E-state index contributed by atoms with van der Waals surface area (Å²) in [5.74, 6) is 0. The molecule has 4 heteroatoms. The highest BCUT2D eigenvalue weighted by molar-refractivity contribution is 7.80. The highest BCUT2D eigenvalue weighted by atomic mass is 31.1. The molecule has 2 nitrogen and oxygen atoms in total. The zero-order valence-electron chi connectivity index (χ0n) is 18.5. The Kier molecular flexibility index (Phi) is 6.75. The van der Waals surface area contributed by atoms with Crippen LogP contribution in [0.2, 0.25) is 25.7 Å². The van der Waals surface area contributed by atoms with E-state index in [9.17, 15) is 0 Å². The number of hydrogen-bond acceptors (Lipinski definition) is 1. The molecule has 0 fully saturated rings. The van der Waals surface area contributed by atoms with Gasteiger partial charge in [0, 0.05) is 31.0 Å². The summed E-state index contributed by atoms with van der Waals surface area (Å²) in [4.78, 5) is 3.46. The summed E-state index contributed by atoms with van der Waals surface area (Å²) >= 11 is 0. The van der Waals surface area contributed by atoms with Crippen LogP contribution in [-0.2, 0) is 0 Å². The predicted molar refractivity (Wildman–Crippen MR) is 140 cm³/mol. The minimum atomic E-state index is -1.28. The summed E-state index contributed by atoms with van der Waals surface area (Å²) in [6.07, 6.45) is 2.03. The van der Waals surface area contributed by atoms with Crippen LogP contribution in [0.25, 0.3) is 0 Å². The van der Waals surface area contributed by atoms with Gasteiger partial charge in [0.15, 0.2) is 0 Å². The second-order valence-electron chi connectivity index (χ2n) is 9.11. The van der Waals surface area contributed by atoms with E-state index in [1.54, 1.807) is 0 Å². The monoisotopic (exact) mass is 442 g/mol. The molecule has 0 spiro atoms. The van der Waals surface area contributed by atoms with Gasteiger partial charge >= 0.3 is 0 Å². The van der Waals surface area contributed by atoms with Crippen molar-refractivity contribution in [3.63, 3.8) is 0 Å². The molecule has 2 N–H and O–H groups in total. The number of aromatic nitrogens is 1. The van der Waals surface area contributed by atoms with Crippen molar-refractivity contribution in [2.24, 2.45) is 0 Å². The maximum atomic E-state index is 3.95. The van der Waals surface area contributed by atoms with Gasteiger partial charge in [0.2, 0.25) is 0 Å². The van der Waals surface area contributed by atoms with Crippen LogP contribution in [0.1, 0.15) is 11.7 Å². The van der Waals surface area contributed by atoms with E-state index < -0.39 is 16.0 Å². The topological polar surface area (TPSA) is 27.8 Å². The Bertz CT molecular complexity index is 1030. The standard InChI is InChI=1S/C27H31N2PSi/c1-31(2,3)21-26(24-18-12-20-28-24)29-25-17-10-11-19-27(25)30(22-13-6-4-7-14-22)23-15-8-5-9-16-23/h4-20,26,28-29H,21H2,1-3H3. The van der Waals surface area contributed by atoms with Crippen molar-refractivity contribution < 1.29 is 0 Å². The minimum Gasteiger partial charge on any atom is -0.377 e. The summed E-state index contributed by atoms with van der Waals surface area (Å²) in [6, 6.07) is 36.5. The number of rotatable bonds is 8. The van der Waals surface area contributed by atoms with Gasteiger partial charge in [0.1, 0.15) is 0 Å². The van der Waals surface area contributed by atoms with Crippen LogP contribution in [0.5, 0.6) is 0 Å². The largest absolute Gasteiger partial charge is 0.377 e. The van der Waals surface area contributed by atoms with Crippen LogP contribution in [0.4, 0.5) is 5.69 Å². The molecule has 0 aliphatic heterocycles. The molecular formula is C27H31N2PSi. The molecule has 0 amide bonds. The van der Waals surface area contributed by atoms with Gasteiger partial charge in [-0.15, -0.1) is 0 Å². The molecule has 1 unspecified atom stereocenters. The molecule has 3 aromatic carbocycles. The fourth-order valence-electron chi connectivity index (χ4n) is 3.97. The summed E-state index contributed by atoms with van der Waals surface area (Å²) in [7, 11) is -1.93. The average Bonchev–Trinajstić information content (AvgIpc) is 3.30. The number of benzene rings is 3. The minimum absolute atomic E-state index is 0.284. The van der Waals surface area contributed by atoms with Crippen LogP contribution < -0.4 is 21.2 Å². The first-order valence-electron chi connectivity index (χ1n) is 10.9. The zero-order chi connectivity index (χ0) is 21.7. The van der Waals surface area contributed by atoms with Crippen molar-refractivity contribution in [3.8, 4) is 0 Å². The van der Waals surface area contributed by atoms with E-state index >= 15 is 0 Å². The Balaban J connectivity index is 1.77. The summed E-state index contributed by atoms with van der Waals surface area (Å²) in [6.45, 7) is 7.33. The van der Waals surface area contributed by atoms with Gasteiger partial charge < -0.3 is 10.3 Å². The maximum absolute atomic E-state index is 3.95. The number of hydrogen-bond donors (Lipinski definition) is 2. The van der Waals surface area contributed by atoms with Crippen molar-refractivity contribution in [2.75, 3.05) is 5.32 Å². The highest BCUT2D eigenvalue weighted by Crippen LogP contribution is 2.37. The van der Waals surface area contributed by atoms with Gasteiger partial charge in [-0.1, -0.05) is 98.5 Å². The van der Waals surface area contributed by atoms with Crippen molar-refractivity contribution in [3.05, 3.63) is 109 Å². The molecule has 0 radical (unpaired) electrons. The highest BCUT2D eigenvalue weighted by Gasteiger charge is 2.25. The molecule has 1 aromatic heterocycles. The molecule has 0 aliphatic rings. The Morgan fingerprint density at radius 2 is 1.32 bits per heavy atom. The van der Waals surface area contributed by atoms with Crippen LogP contribution in [0.3, 0.4) is 0 Å². The van der Waals surface area contributed by atoms with E-state index in [-0.39, 0.29) is 6.04 Å². The molecular weight excluding hydrogens is 411 g/mol. The van der Waals surface area contributed by atoms with Crippen molar-refractivity contribution in [2.45, 2.75) is 31.7 Å². The first-order valence-corrected chi connectivity index (χ1v) is 16.0. The van der Waals surface area contributed by atoms with Crippen LogP contribution in [0, 0.1) is 0 Å². The van der Waals surface area contributed by atoms with Crippen molar-refractivity contribution in [1.29, 1.82) is 0 Å². The van der Waals surface area contributed by atoms with Gasteiger partial charge in [-0.05, 0) is 42.8 Å². The average molecular weight is 443 g/mol. The molecule has 4 rings (SSSR count). The third kappa shape index (κ3) is 5.55. The lowest BCUT2D eigenvalue weighted by atomic mass is 10.2. The van der Waals surface area contributed by atoms with Crippen LogP contribution >= 0.6 is 7.92 Å². The Morgan fingerprint density at radius 3 is 1.87 bits per heavy atom. The van der Waals surface area contributed by atoms with E-state index in [0.717, 1.165) is 0 Å². The summed E-state index contributed by atoms with van der Waals surface area (Å²) in [5, 5.41) is 8.07. The molecule has 0 aliphatic carbocycles. The first-order chi connectivity index (χ1) is 15.0. The van der Waals surface area contributed by atoms with Crippen LogP contribution in [-0.4, -0.2) is 13.1 Å². The van der Waals surface area contributed by atoms with Gasteiger partial charge in [0.05, 0.1) is 6.04 Å². The van der Waals surface area contributed by atoms with Gasteiger partial charge in [-0.3, -0.25) is 0 Å². The molecule has 0 saturated heterocycles. The molecule has 0 saturated carbocycles. The number of aromatic amines is 1. The van der Waals surface area contributed by atoms with E-state index in [1.165, 1.54) is 33.3 Å². The summed E-state index contributed by atoms with van der Waals surface area (Å²) < 4.78 is 0. The quantitative estimate of drug-likeness (QED) is 0.244. The summed E-state index contributed by atoms with van der Waals surface area (Å²) in [5.41, 5.74) is 2.50. The smallest absolute Gasteiger partial charge is 0.0639 e. The van der Waals surface area contributed by atoms with E-state index in [1.807, 2.05) is 6.20 Å². The number of para-hydroxylation sites is 1. The van der Waals surface area contributed by atoms with E-state index in [4.69, 9.17) is 0 Å². The SMILES string of the molecule is C[Si](C)(C)CC(Nc1ccccc1P(c1ccccc1)c1ccccc1)c1ccc[nH]1. The normalized spacial score (nSPS) is 12.6. The molecule has 158 valence electrons. The van der Waals surface area contributed by atoms with E-state index in [0.29, 0.717) is 0 Å². The van der Waals surface area contributed by atoms with Gasteiger partial charge in [-0.25, -0.2) is 0 Å². The Labute approximate surface area is 188 Å². The molecule has 4 aromatic rings. The first kappa shape index (κ1) is 21.6. The number of H-pyrrole nitrogens is 1. The van der Waals surface area contributed by atoms with Crippen LogP contribution in [0.15, 0.2) is 103 Å². The fraction of sp³-hybridized carbons (Fsp3) is 0.185. The van der Waals surface area contributed by atoms with Crippen molar-refractivity contribution in [1.82, 2.24) is 4.98 Å². The number of anilines is 1. The fourth-order valence-corrected chi connectivity index (χ4v) is 7.93. The van der Waals surface area contributed by atoms with E-state index in [2.05, 4.69) is 127 Å². The lowest BCUT2D eigenvalue weighted by molar-refractivity contribution is 0.832. The Morgan fingerprint density at radius 1 is 0.742 bits per heavy atom. The van der Waals surface area contributed by atoms with Gasteiger partial charge in [-0.2, -0.15) is 0 Å². The van der Waals surface area contributed by atoms with Gasteiger partial charge in [0.25, 0.3) is 0 Å². The number of nitrogens with one attached hydrogen (secondary N) is 2. The second-order valence-corrected chi connectivity index (χ2v) is 16.8. The third-order valence-corrected chi connectivity index (χ3v) is 9.45. The lowest BCUT2D eigenvalue weighted by Crippen LogP contribution is -2.29. The second kappa shape index (κ2) is 9.68. The molecule has 1 atom stereocenters. The molecule has 0 bridgehead atoms. The Hall–Kier alpha value is -2.61. The zero-order valence-corrected chi connectivity index (χ0v) is 20.4. The predicted octanol–water partition coefficient (Wildman–Crippen LogP) is 6.26. The maximum Gasteiger partial charge on any atom is 0.0639 e.